The van der Waals surface area contributed by atoms with Crippen LogP contribution in [0.4, 0.5) is 5.69 Å². The van der Waals surface area contributed by atoms with Crippen LogP contribution in [0.5, 0.6) is 0 Å². The highest BCUT2D eigenvalue weighted by Crippen LogP contribution is 2.40. The minimum absolute atomic E-state index is 0.0468. The summed E-state index contributed by atoms with van der Waals surface area (Å²) in [5.74, 6) is 0. The predicted molar refractivity (Wildman–Crippen MR) is 146 cm³/mol. The summed E-state index contributed by atoms with van der Waals surface area (Å²) in [6, 6.07) is 38.5. The lowest BCUT2D eigenvalue weighted by Crippen LogP contribution is -2.01. The highest BCUT2D eigenvalue weighted by Gasteiger charge is 2.23. The van der Waals surface area contributed by atoms with Crippen molar-refractivity contribution in [3.8, 4) is 27.9 Å². The van der Waals surface area contributed by atoms with Gasteiger partial charge in [0.05, 0.1) is 20.4 Å². The van der Waals surface area contributed by atoms with E-state index in [1.165, 1.54) is 0 Å². The fourth-order valence-corrected chi connectivity index (χ4v) is 5.27. The van der Waals surface area contributed by atoms with E-state index in [9.17, 15) is 10.1 Å². The van der Waals surface area contributed by atoms with Gasteiger partial charge in [0.15, 0.2) is 0 Å². The van der Waals surface area contributed by atoms with Gasteiger partial charge in [0.2, 0.25) is 0 Å². The Kier molecular flexibility index (Phi) is 5.20. The molecule has 0 aliphatic rings. The number of hydrogen-bond acceptors (Lipinski definition) is 2. The van der Waals surface area contributed by atoms with Crippen molar-refractivity contribution >= 4 is 43.4 Å². The molecule has 5 aromatic carbocycles. The van der Waals surface area contributed by atoms with Crippen LogP contribution in [0.25, 0.3) is 49.7 Å². The number of nitrogens with zero attached hydrogens (tertiary/aromatic N) is 2. The molecule has 0 unspecified atom stereocenters. The van der Waals surface area contributed by atoms with Gasteiger partial charge in [-0.1, -0.05) is 78.9 Å². The van der Waals surface area contributed by atoms with Gasteiger partial charge in [0.25, 0.3) is 0 Å². The van der Waals surface area contributed by atoms with Gasteiger partial charge >= 0.3 is 5.69 Å². The lowest BCUT2D eigenvalue weighted by atomic mass is 10.0. The minimum atomic E-state index is -0.326. The topological polar surface area (TPSA) is 48.1 Å². The highest BCUT2D eigenvalue weighted by atomic mass is 79.9. The molecule has 4 nitrogen and oxygen atoms in total. The minimum Gasteiger partial charge on any atom is -0.303 e. The van der Waals surface area contributed by atoms with Gasteiger partial charge in [-0.15, -0.1) is 0 Å². The van der Waals surface area contributed by atoms with Crippen LogP contribution in [0.2, 0.25) is 0 Å². The van der Waals surface area contributed by atoms with Crippen LogP contribution < -0.4 is 0 Å². The number of para-hydroxylation sites is 1. The molecule has 1 heterocycles. The summed E-state index contributed by atoms with van der Waals surface area (Å²) in [7, 11) is 0. The summed E-state index contributed by atoms with van der Waals surface area (Å²) in [6.45, 7) is 0. The monoisotopic (exact) mass is 518 g/mol. The number of nitro groups is 1. The summed E-state index contributed by atoms with van der Waals surface area (Å²) < 4.78 is 2.45. The van der Waals surface area contributed by atoms with Gasteiger partial charge in [-0.25, -0.2) is 0 Å². The van der Waals surface area contributed by atoms with E-state index in [4.69, 9.17) is 0 Å². The first kappa shape index (κ1) is 21.3. The molecule has 5 heteroatoms. The average Bonchev–Trinajstić information content (AvgIpc) is 3.22. The molecule has 168 valence electrons. The van der Waals surface area contributed by atoms with E-state index in [2.05, 4.69) is 76.6 Å². The standard InChI is InChI=1S/C30H19BrN2O2/c31-26-12-7-13-29(30(26)33(34)35)32-27-16-14-22(20-8-3-1-4-9-20)18-24(27)25-19-23(15-17-28(25)32)21-10-5-2-6-11-21/h1-19H. The Morgan fingerprint density at radius 2 is 1.11 bits per heavy atom. The molecule has 0 aliphatic heterocycles. The number of fused-ring (bicyclic) bond motifs is 3. The van der Waals surface area contributed by atoms with Crippen molar-refractivity contribution in [1.29, 1.82) is 0 Å². The van der Waals surface area contributed by atoms with Crippen LogP contribution in [-0.2, 0) is 0 Å². The van der Waals surface area contributed by atoms with E-state index in [1.54, 1.807) is 12.1 Å². The second-order valence-corrected chi connectivity index (χ2v) is 9.25. The maximum Gasteiger partial charge on any atom is 0.307 e. The highest BCUT2D eigenvalue weighted by molar-refractivity contribution is 9.10. The molecule has 0 saturated carbocycles. The van der Waals surface area contributed by atoms with E-state index in [0.717, 1.165) is 44.1 Å². The Balaban J connectivity index is 1.71. The molecule has 0 amide bonds. The Morgan fingerprint density at radius 1 is 0.600 bits per heavy atom. The van der Waals surface area contributed by atoms with Crippen molar-refractivity contribution < 1.29 is 4.92 Å². The molecule has 0 spiro atoms. The molecule has 0 radical (unpaired) electrons. The maximum absolute atomic E-state index is 12.1. The molecular weight excluding hydrogens is 500 g/mol. The lowest BCUT2D eigenvalue weighted by molar-refractivity contribution is -0.385. The fraction of sp³-hybridized carbons (Fsp3) is 0. The smallest absolute Gasteiger partial charge is 0.303 e. The third-order valence-corrected chi connectivity index (χ3v) is 7.01. The quantitative estimate of drug-likeness (QED) is 0.173. The number of aromatic nitrogens is 1. The molecule has 6 rings (SSSR count). The van der Waals surface area contributed by atoms with Crippen LogP contribution in [-0.4, -0.2) is 9.49 Å². The molecule has 35 heavy (non-hydrogen) atoms. The molecule has 0 fully saturated rings. The van der Waals surface area contributed by atoms with Gasteiger partial charge in [-0.3, -0.25) is 10.1 Å². The second-order valence-electron chi connectivity index (χ2n) is 8.40. The molecule has 6 aromatic rings. The van der Waals surface area contributed by atoms with E-state index in [0.29, 0.717) is 10.2 Å². The number of benzene rings is 5. The Morgan fingerprint density at radius 3 is 1.60 bits per heavy atom. The lowest BCUT2D eigenvalue weighted by Gasteiger charge is -2.10. The molecule has 0 saturated heterocycles. The number of nitro benzene ring substituents is 1. The van der Waals surface area contributed by atoms with E-state index in [-0.39, 0.29) is 10.6 Å². The molecule has 0 atom stereocenters. The Bertz CT molecular complexity index is 1630. The van der Waals surface area contributed by atoms with Crippen molar-refractivity contribution in [2.24, 2.45) is 0 Å². The third-order valence-electron chi connectivity index (χ3n) is 6.37. The molecule has 0 bridgehead atoms. The van der Waals surface area contributed by atoms with Crippen molar-refractivity contribution in [3.63, 3.8) is 0 Å². The Labute approximate surface area is 210 Å². The molecule has 0 aliphatic carbocycles. The SMILES string of the molecule is O=[N+]([O-])c1c(Br)cccc1-n1c2ccc(-c3ccccc3)cc2c2cc(-c3ccccc3)ccc21. The number of rotatable bonds is 4. The summed E-state index contributed by atoms with van der Waals surface area (Å²) in [6.07, 6.45) is 0. The van der Waals surface area contributed by atoms with Crippen LogP contribution in [0.15, 0.2) is 120 Å². The first-order chi connectivity index (χ1) is 17.1. The van der Waals surface area contributed by atoms with Crippen molar-refractivity contribution in [3.05, 3.63) is 130 Å². The summed E-state index contributed by atoms with van der Waals surface area (Å²) >= 11 is 3.39. The third kappa shape index (κ3) is 3.61. The van der Waals surface area contributed by atoms with E-state index in [1.807, 2.05) is 47.0 Å². The molecule has 1 aromatic heterocycles. The van der Waals surface area contributed by atoms with Gasteiger partial charge in [0.1, 0.15) is 5.69 Å². The second kappa shape index (κ2) is 8.53. The van der Waals surface area contributed by atoms with E-state index < -0.39 is 0 Å². The normalized spacial score (nSPS) is 11.2. The number of hydrogen-bond donors (Lipinski definition) is 0. The Hall–Kier alpha value is -4.22. The summed E-state index contributed by atoms with van der Waals surface area (Å²) in [5.41, 5.74) is 6.88. The van der Waals surface area contributed by atoms with Gasteiger partial charge < -0.3 is 4.57 Å². The van der Waals surface area contributed by atoms with Crippen LogP contribution >= 0.6 is 15.9 Å². The zero-order valence-corrected chi connectivity index (χ0v) is 20.1. The summed E-state index contributed by atoms with van der Waals surface area (Å²) in [5, 5.41) is 14.1. The number of halogens is 1. The van der Waals surface area contributed by atoms with Crippen LogP contribution in [0.3, 0.4) is 0 Å². The van der Waals surface area contributed by atoms with Crippen molar-refractivity contribution in [2.75, 3.05) is 0 Å². The van der Waals surface area contributed by atoms with Crippen molar-refractivity contribution in [2.45, 2.75) is 0 Å². The maximum atomic E-state index is 12.1. The van der Waals surface area contributed by atoms with Gasteiger partial charge in [-0.05, 0) is 74.6 Å². The van der Waals surface area contributed by atoms with Crippen LogP contribution in [0.1, 0.15) is 0 Å². The first-order valence-electron chi connectivity index (χ1n) is 11.2. The average molecular weight is 519 g/mol. The van der Waals surface area contributed by atoms with Crippen molar-refractivity contribution in [1.82, 2.24) is 4.57 Å². The zero-order chi connectivity index (χ0) is 23.9. The summed E-state index contributed by atoms with van der Waals surface area (Å²) in [4.78, 5) is 11.7. The largest absolute Gasteiger partial charge is 0.307 e. The molecular formula is C30H19BrN2O2. The van der Waals surface area contributed by atoms with Crippen LogP contribution in [0, 0.1) is 10.1 Å². The van der Waals surface area contributed by atoms with E-state index >= 15 is 0 Å². The van der Waals surface area contributed by atoms with Gasteiger partial charge in [-0.2, -0.15) is 0 Å². The predicted octanol–water partition coefficient (Wildman–Crippen LogP) is 8.79. The molecule has 0 N–H and O–H groups in total. The first-order valence-corrected chi connectivity index (χ1v) is 12.0. The zero-order valence-electron chi connectivity index (χ0n) is 18.6. The van der Waals surface area contributed by atoms with Gasteiger partial charge in [0, 0.05) is 10.8 Å². The fourth-order valence-electron chi connectivity index (χ4n) is 4.77.